The number of nitrogens with one attached hydrogen (secondary N) is 1. The van der Waals surface area contributed by atoms with Crippen LogP contribution < -0.4 is 0 Å². The Balaban J connectivity index is 0.00000144. The molecule has 0 aliphatic carbocycles. The maximum absolute atomic E-state index is 8.18. The summed E-state index contributed by atoms with van der Waals surface area (Å²) in [6.45, 7) is 7.85. The van der Waals surface area contributed by atoms with E-state index in [0.717, 1.165) is 11.1 Å². The van der Waals surface area contributed by atoms with Gasteiger partial charge < -0.3 is 5.41 Å². The summed E-state index contributed by atoms with van der Waals surface area (Å²) >= 11 is 0. The maximum Gasteiger partial charge on any atom is 0.0357 e. The Labute approximate surface area is 225 Å². The van der Waals surface area contributed by atoms with Gasteiger partial charge in [0.05, 0.1) is 0 Å². The SMILES string of the molecule is C/C=C(\C(C)=N)c1ccc2ccc(-c3c4ccccc4c(-c4ccccc4)c4ccccc34)cc2c1.CC. The van der Waals surface area contributed by atoms with Gasteiger partial charge in [-0.3, -0.25) is 0 Å². The molecule has 0 radical (unpaired) electrons. The second-order valence-electron chi connectivity index (χ2n) is 9.31. The molecule has 0 amide bonds. The first kappa shape index (κ1) is 25.2. The molecule has 6 aromatic carbocycles. The third kappa shape index (κ3) is 4.41. The minimum atomic E-state index is 0.585. The highest BCUT2D eigenvalue weighted by Crippen LogP contribution is 2.44. The molecular formula is C37H33N. The van der Waals surface area contributed by atoms with Crippen LogP contribution in [0.15, 0.2) is 121 Å². The molecule has 0 heterocycles. The van der Waals surface area contributed by atoms with Gasteiger partial charge in [0.15, 0.2) is 0 Å². The van der Waals surface area contributed by atoms with E-state index in [0.29, 0.717) is 5.71 Å². The van der Waals surface area contributed by atoms with Crippen molar-refractivity contribution in [1.29, 1.82) is 5.41 Å². The second-order valence-corrected chi connectivity index (χ2v) is 9.31. The molecule has 0 atom stereocenters. The van der Waals surface area contributed by atoms with Gasteiger partial charge in [0.25, 0.3) is 0 Å². The first-order valence-electron chi connectivity index (χ1n) is 13.4. The standard InChI is InChI=1S/C35H27N.C2H6/c1-3-29(23(2)36)26-19-17-24-18-20-27(22-28(24)21-26)35-32-15-9-7-13-30(32)34(25-11-5-4-6-12-25)31-14-8-10-16-33(31)35;1-2/h3-22,36H,1-2H3;1-2H3/b29-3+,36-23?;. The molecule has 0 aliphatic heterocycles. The predicted octanol–water partition coefficient (Wildman–Crippen LogP) is 10.9. The molecule has 1 N–H and O–H groups in total. The first-order chi connectivity index (χ1) is 18.7. The number of fused-ring (bicyclic) bond motifs is 3. The fourth-order valence-electron chi connectivity index (χ4n) is 5.52. The normalized spacial score (nSPS) is 11.4. The van der Waals surface area contributed by atoms with E-state index < -0.39 is 0 Å². The Kier molecular flexibility index (Phi) is 7.20. The molecule has 0 fully saturated rings. The van der Waals surface area contributed by atoms with Crippen molar-refractivity contribution in [3.8, 4) is 22.3 Å². The van der Waals surface area contributed by atoms with E-state index in [1.54, 1.807) is 0 Å². The van der Waals surface area contributed by atoms with Crippen LogP contribution in [0.4, 0.5) is 0 Å². The van der Waals surface area contributed by atoms with E-state index >= 15 is 0 Å². The topological polar surface area (TPSA) is 23.9 Å². The average molecular weight is 492 g/mol. The lowest BCUT2D eigenvalue weighted by atomic mass is 9.85. The lowest BCUT2D eigenvalue weighted by molar-refractivity contribution is 1.49. The van der Waals surface area contributed by atoms with E-state index in [1.165, 1.54) is 54.6 Å². The van der Waals surface area contributed by atoms with Crippen molar-refractivity contribution < 1.29 is 0 Å². The van der Waals surface area contributed by atoms with Gasteiger partial charge in [0, 0.05) is 5.71 Å². The molecule has 0 bridgehead atoms. The highest BCUT2D eigenvalue weighted by molar-refractivity contribution is 6.23. The molecule has 0 saturated heterocycles. The molecule has 1 heteroatoms. The van der Waals surface area contributed by atoms with Gasteiger partial charge in [-0.05, 0) is 91.7 Å². The molecule has 0 aromatic heterocycles. The van der Waals surface area contributed by atoms with Crippen molar-refractivity contribution in [1.82, 2.24) is 0 Å². The summed E-state index contributed by atoms with van der Waals surface area (Å²) in [5, 5.41) is 15.6. The average Bonchev–Trinajstić information content (AvgIpc) is 2.97. The summed E-state index contributed by atoms with van der Waals surface area (Å²) in [6, 6.07) is 41.5. The molecule has 38 heavy (non-hydrogen) atoms. The second kappa shape index (κ2) is 10.9. The zero-order valence-electron chi connectivity index (χ0n) is 22.5. The minimum Gasteiger partial charge on any atom is -0.305 e. The van der Waals surface area contributed by atoms with Gasteiger partial charge in [-0.1, -0.05) is 123 Å². The van der Waals surface area contributed by atoms with Gasteiger partial charge >= 0.3 is 0 Å². The van der Waals surface area contributed by atoms with Gasteiger partial charge in [0.2, 0.25) is 0 Å². The molecule has 0 saturated carbocycles. The van der Waals surface area contributed by atoms with E-state index in [-0.39, 0.29) is 0 Å². The fourth-order valence-corrected chi connectivity index (χ4v) is 5.52. The van der Waals surface area contributed by atoms with Crippen molar-refractivity contribution in [2.45, 2.75) is 27.7 Å². The van der Waals surface area contributed by atoms with E-state index in [2.05, 4.69) is 115 Å². The van der Waals surface area contributed by atoms with Crippen LogP contribution in [0.25, 0.3) is 60.1 Å². The van der Waals surface area contributed by atoms with Crippen LogP contribution in [0, 0.1) is 5.41 Å². The van der Waals surface area contributed by atoms with Gasteiger partial charge in [-0.15, -0.1) is 0 Å². The number of hydrogen-bond donors (Lipinski definition) is 1. The van der Waals surface area contributed by atoms with Gasteiger partial charge in [-0.25, -0.2) is 0 Å². The van der Waals surface area contributed by atoms with Crippen molar-refractivity contribution in [2.24, 2.45) is 0 Å². The largest absolute Gasteiger partial charge is 0.305 e. The smallest absolute Gasteiger partial charge is 0.0357 e. The van der Waals surface area contributed by atoms with Crippen molar-refractivity contribution in [3.63, 3.8) is 0 Å². The number of benzene rings is 6. The summed E-state index contributed by atoms with van der Waals surface area (Å²) < 4.78 is 0. The molecule has 1 nitrogen and oxygen atoms in total. The quantitative estimate of drug-likeness (QED) is 0.187. The zero-order valence-corrected chi connectivity index (χ0v) is 22.5. The number of hydrogen-bond acceptors (Lipinski definition) is 1. The Morgan fingerprint density at radius 3 is 1.58 bits per heavy atom. The molecule has 0 spiro atoms. The number of allylic oxidation sites excluding steroid dienone is 2. The first-order valence-corrected chi connectivity index (χ1v) is 13.4. The molecular weight excluding hydrogens is 458 g/mol. The summed E-state index contributed by atoms with van der Waals surface area (Å²) in [6.07, 6.45) is 2.02. The summed E-state index contributed by atoms with van der Waals surface area (Å²) in [5.74, 6) is 0. The summed E-state index contributed by atoms with van der Waals surface area (Å²) in [4.78, 5) is 0. The van der Waals surface area contributed by atoms with Crippen LogP contribution in [0.1, 0.15) is 33.3 Å². The Morgan fingerprint density at radius 1 is 0.553 bits per heavy atom. The highest BCUT2D eigenvalue weighted by atomic mass is 14.4. The molecule has 186 valence electrons. The van der Waals surface area contributed by atoms with E-state index in [1.807, 2.05) is 33.8 Å². The van der Waals surface area contributed by atoms with Crippen molar-refractivity contribution >= 4 is 43.6 Å². The van der Waals surface area contributed by atoms with Crippen LogP contribution in [0.5, 0.6) is 0 Å². The molecule has 0 unspecified atom stereocenters. The van der Waals surface area contributed by atoms with Crippen LogP contribution in [-0.2, 0) is 0 Å². The van der Waals surface area contributed by atoms with Crippen LogP contribution in [0.2, 0.25) is 0 Å². The predicted molar refractivity (Wildman–Crippen MR) is 168 cm³/mol. The van der Waals surface area contributed by atoms with Gasteiger partial charge in [-0.2, -0.15) is 0 Å². The van der Waals surface area contributed by atoms with Crippen LogP contribution in [-0.4, -0.2) is 5.71 Å². The lowest BCUT2D eigenvalue weighted by Gasteiger charge is -2.18. The van der Waals surface area contributed by atoms with E-state index in [9.17, 15) is 0 Å². The van der Waals surface area contributed by atoms with Crippen molar-refractivity contribution in [3.05, 3.63) is 127 Å². The highest BCUT2D eigenvalue weighted by Gasteiger charge is 2.16. The zero-order chi connectivity index (χ0) is 26.6. The van der Waals surface area contributed by atoms with Crippen molar-refractivity contribution in [2.75, 3.05) is 0 Å². The van der Waals surface area contributed by atoms with Crippen LogP contribution in [0.3, 0.4) is 0 Å². The Bertz CT molecular complexity index is 1750. The summed E-state index contributed by atoms with van der Waals surface area (Å²) in [7, 11) is 0. The monoisotopic (exact) mass is 491 g/mol. The van der Waals surface area contributed by atoms with E-state index in [4.69, 9.17) is 5.41 Å². The lowest BCUT2D eigenvalue weighted by Crippen LogP contribution is -1.94. The molecule has 0 aliphatic rings. The maximum atomic E-state index is 8.18. The number of rotatable bonds is 4. The summed E-state index contributed by atoms with van der Waals surface area (Å²) in [5.41, 5.74) is 7.65. The molecule has 6 aromatic rings. The Morgan fingerprint density at radius 2 is 1.05 bits per heavy atom. The fraction of sp³-hybridized carbons (Fsp3) is 0.108. The minimum absolute atomic E-state index is 0.585. The third-order valence-electron chi connectivity index (χ3n) is 7.13. The van der Waals surface area contributed by atoms with Crippen LogP contribution >= 0.6 is 0 Å². The Hall–Kier alpha value is -4.49. The molecule has 6 rings (SSSR count). The third-order valence-corrected chi connectivity index (χ3v) is 7.13. The van der Waals surface area contributed by atoms with Gasteiger partial charge in [0.1, 0.15) is 0 Å².